The van der Waals surface area contributed by atoms with E-state index in [1.165, 1.54) is 4.90 Å². The predicted molar refractivity (Wildman–Crippen MR) is 185 cm³/mol. The molecule has 6 rings (SSSR count). The molecule has 3 amide bonds. The Balaban J connectivity index is 1.30. The molecule has 6 unspecified atom stereocenters. The number of rotatable bonds is 8. The molecule has 272 valence electrons. The fourth-order valence-electron chi connectivity index (χ4n) is 7.21. The van der Waals surface area contributed by atoms with Crippen LogP contribution in [0.4, 0.5) is 10.3 Å². The number of nitrogens with zero attached hydrogens (tertiary/aromatic N) is 4. The van der Waals surface area contributed by atoms with E-state index in [-0.39, 0.29) is 50.5 Å². The Morgan fingerprint density at radius 1 is 1.16 bits per heavy atom. The van der Waals surface area contributed by atoms with Gasteiger partial charge in [-0.05, 0) is 62.5 Å². The fourth-order valence-corrected chi connectivity index (χ4v) is 8.64. The minimum absolute atomic E-state index is 0.0692. The van der Waals surface area contributed by atoms with Crippen LogP contribution in [0, 0.1) is 17.8 Å². The van der Waals surface area contributed by atoms with Gasteiger partial charge in [-0.1, -0.05) is 26.0 Å². The summed E-state index contributed by atoms with van der Waals surface area (Å²) in [6.45, 7) is 3.18. The van der Waals surface area contributed by atoms with Gasteiger partial charge >= 0.3 is 0 Å². The Labute approximate surface area is 292 Å². The maximum Gasteiger partial charge on any atom is 0.259 e. The largest absolute Gasteiger partial charge is 0.497 e. The minimum Gasteiger partial charge on any atom is -0.497 e. The van der Waals surface area contributed by atoms with Gasteiger partial charge in [0.25, 0.3) is 5.91 Å². The van der Waals surface area contributed by atoms with Gasteiger partial charge in [0.1, 0.15) is 34.9 Å². The monoisotopic (exact) mass is 714 g/mol. The van der Waals surface area contributed by atoms with Crippen LogP contribution in [0.1, 0.15) is 65.2 Å². The Morgan fingerprint density at radius 2 is 1.92 bits per heavy atom. The number of amides is 3. The van der Waals surface area contributed by atoms with Crippen molar-refractivity contribution < 1.29 is 36.7 Å². The van der Waals surface area contributed by atoms with Crippen LogP contribution in [0.25, 0.3) is 10.9 Å². The number of sulfonamides is 1. The van der Waals surface area contributed by atoms with E-state index < -0.39 is 56.9 Å². The lowest BCUT2D eigenvalue weighted by Gasteiger charge is -2.28. The average molecular weight is 715 g/mol. The second kappa shape index (κ2) is 13.6. The molecule has 0 spiro atoms. The summed E-state index contributed by atoms with van der Waals surface area (Å²) in [5, 5.41) is 3.49. The number of methoxy groups -OCH3 is 1. The van der Waals surface area contributed by atoms with Crippen molar-refractivity contribution in [3.8, 4) is 11.6 Å². The lowest BCUT2D eigenvalue weighted by molar-refractivity contribution is -0.140. The quantitative estimate of drug-likeness (QED) is 0.389. The first-order valence-electron chi connectivity index (χ1n) is 17.3. The minimum atomic E-state index is -4.32. The SMILES string of the molecule is COc1ccc2c(OC3CC4C(=O)NC5(C(=O)NS(=O)(=O)C6(CF)CC6)CC5C=CCCC(C)CC(C)CC(=O)N4C3)nc(N(C)C)nc2c1. The summed E-state index contributed by atoms with van der Waals surface area (Å²) in [5.74, 6) is -0.436. The molecule has 2 aromatic rings. The molecular weight excluding hydrogens is 667 g/mol. The van der Waals surface area contributed by atoms with Crippen LogP contribution in [0.2, 0.25) is 0 Å². The number of carbonyl (C=O) groups excluding carboxylic acids is 3. The predicted octanol–water partition coefficient (Wildman–Crippen LogP) is 3.28. The van der Waals surface area contributed by atoms with E-state index >= 15 is 0 Å². The summed E-state index contributed by atoms with van der Waals surface area (Å²) in [5.41, 5.74) is -0.957. The van der Waals surface area contributed by atoms with Crippen molar-refractivity contribution in [1.82, 2.24) is 24.9 Å². The molecule has 3 heterocycles. The van der Waals surface area contributed by atoms with Crippen molar-refractivity contribution in [3.05, 3.63) is 30.4 Å². The number of anilines is 1. The highest BCUT2D eigenvalue weighted by Crippen LogP contribution is 2.48. The standard InChI is InChI=1S/C35H47FN6O7S/c1-21-8-6-7-9-23-18-35(23,32(45)40-50(46,47)34(20-36)12-13-34)39-30(44)28-17-25(19-42(28)29(43)15-22(2)14-21)49-31-26-11-10-24(48-5)16-27(26)37-33(38-31)41(3)4/h7,9-11,16,21-23,25,28H,6,8,12-15,17-20H2,1-5H3,(H,39,44)(H,40,45). The molecular formula is C35H47FN6O7S. The van der Waals surface area contributed by atoms with Gasteiger partial charge < -0.3 is 24.6 Å². The van der Waals surface area contributed by atoms with Gasteiger partial charge in [0.2, 0.25) is 33.7 Å². The van der Waals surface area contributed by atoms with E-state index in [9.17, 15) is 27.2 Å². The number of carbonyl (C=O) groups is 3. The van der Waals surface area contributed by atoms with Gasteiger partial charge in [-0.15, -0.1) is 0 Å². The number of fused-ring (bicyclic) bond motifs is 3. The van der Waals surface area contributed by atoms with E-state index in [4.69, 9.17) is 9.47 Å². The highest BCUT2D eigenvalue weighted by molar-refractivity contribution is 7.91. The molecule has 15 heteroatoms. The molecule has 6 atom stereocenters. The molecule has 2 N–H and O–H groups in total. The van der Waals surface area contributed by atoms with Crippen molar-refractivity contribution >= 4 is 44.6 Å². The van der Waals surface area contributed by atoms with Gasteiger partial charge in [-0.2, -0.15) is 4.98 Å². The normalized spacial score (nSPS) is 29.6. The van der Waals surface area contributed by atoms with E-state index in [0.29, 0.717) is 34.4 Å². The van der Waals surface area contributed by atoms with Crippen LogP contribution in [-0.4, -0.2) is 97.9 Å². The van der Waals surface area contributed by atoms with E-state index in [1.54, 1.807) is 30.2 Å². The van der Waals surface area contributed by atoms with Crippen LogP contribution < -0.4 is 24.4 Å². The zero-order chi connectivity index (χ0) is 36.0. The number of benzene rings is 1. The number of halogens is 1. The number of nitrogens with one attached hydrogen (secondary N) is 2. The molecule has 0 radical (unpaired) electrons. The number of hydrogen-bond donors (Lipinski definition) is 2. The summed E-state index contributed by atoms with van der Waals surface area (Å²) < 4.78 is 52.2. The molecule has 4 aliphatic rings. The zero-order valence-electron chi connectivity index (χ0n) is 29.3. The third kappa shape index (κ3) is 6.97. The number of alkyl halides is 1. The second-order valence-electron chi connectivity index (χ2n) is 14.8. The Hall–Kier alpha value is -4.01. The molecule has 1 aromatic heterocycles. The van der Waals surface area contributed by atoms with Gasteiger partial charge in [0, 0.05) is 38.9 Å². The first-order chi connectivity index (χ1) is 23.7. The van der Waals surface area contributed by atoms with Gasteiger partial charge in [0.05, 0.1) is 24.6 Å². The summed E-state index contributed by atoms with van der Waals surface area (Å²) in [6.07, 6.45) is 6.40. The molecule has 1 saturated heterocycles. The number of ether oxygens (including phenoxy) is 2. The maximum absolute atomic E-state index is 14.2. The highest BCUT2D eigenvalue weighted by atomic mass is 32.2. The third-order valence-electron chi connectivity index (χ3n) is 10.6. The Kier molecular flexibility index (Phi) is 9.74. The number of allylic oxidation sites excluding steroid dienone is 1. The second-order valence-corrected chi connectivity index (χ2v) is 16.9. The van der Waals surface area contributed by atoms with Crippen LogP contribution in [0.3, 0.4) is 0 Å². The summed E-state index contributed by atoms with van der Waals surface area (Å²) in [7, 11) is 0.866. The Morgan fingerprint density at radius 3 is 2.60 bits per heavy atom. The van der Waals surface area contributed by atoms with Crippen molar-refractivity contribution in [1.29, 1.82) is 0 Å². The van der Waals surface area contributed by atoms with E-state index in [2.05, 4.69) is 26.9 Å². The summed E-state index contributed by atoms with van der Waals surface area (Å²) in [4.78, 5) is 54.3. The third-order valence-corrected chi connectivity index (χ3v) is 12.7. The molecule has 0 bridgehead atoms. The topological polar surface area (TPSA) is 160 Å². The van der Waals surface area contributed by atoms with Crippen molar-refractivity contribution in [2.24, 2.45) is 17.8 Å². The van der Waals surface area contributed by atoms with E-state index in [0.717, 1.165) is 19.3 Å². The molecule has 2 saturated carbocycles. The zero-order valence-corrected chi connectivity index (χ0v) is 30.1. The molecule has 3 fully saturated rings. The Bertz CT molecular complexity index is 1800. The summed E-state index contributed by atoms with van der Waals surface area (Å²) in [6, 6.07) is 4.36. The molecule has 2 aliphatic carbocycles. The maximum atomic E-state index is 14.2. The number of hydrogen-bond acceptors (Lipinski definition) is 10. The van der Waals surface area contributed by atoms with Gasteiger partial charge in [-0.25, -0.2) is 17.8 Å². The lowest BCUT2D eigenvalue weighted by Crippen LogP contribution is -2.57. The van der Waals surface area contributed by atoms with Crippen molar-refractivity contribution in [2.75, 3.05) is 39.3 Å². The highest BCUT2D eigenvalue weighted by Gasteiger charge is 2.64. The number of aromatic nitrogens is 2. The van der Waals surface area contributed by atoms with Crippen LogP contribution in [-0.2, 0) is 24.4 Å². The average Bonchev–Trinajstić information content (AvgIpc) is 3.97. The van der Waals surface area contributed by atoms with Crippen molar-refractivity contribution in [3.63, 3.8) is 0 Å². The lowest BCUT2D eigenvalue weighted by atomic mass is 9.91. The van der Waals surface area contributed by atoms with Gasteiger partial charge in [0.15, 0.2) is 0 Å². The fraction of sp³-hybridized carbons (Fsp3) is 0.629. The molecule has 13 nitrogen and oxygen atoms in total. The van der Waals surface area contributed by atoms with Gasteiger partial charge in [-0.3, -0.25) is 19.1 Å². The van der Waals surface area contributed by atoms with E-state index in [1.807, 2.05) is 33.2 Å². The van der Waals surface area contributed by atoms with Crippen LogP contribution in [0.15, 0.2) is 30.4 Å². The van der Waals surface area contributed by atoms with Crippen molar-refractivity contribution in [2.45, 2.75) is 87.6 Å². The molecule has 1 aromatic carbocycles. The molecule has 50 heavy (non-hydrogen) atoms. The van der Waals surface area contributed by atoms with Crippen LogP contribution >= 0.6 is 0 Å². The summed E-state index contributed by atoms with van der Waals surface area (Å²) >= 11 is 0. The first-order valence-corrected chi connectivity index (χ1v) is 18.8. The smallest absolute Gasteiger partial charge is 0.259 e. The first kappa shape index (κ1) is 35.8. The molecule has 2 aliphatic heterocycles. The van der Waals surface area contributed by atoms with Crippen LogP contribution in [0.5, 0.6) is 11.6 Å².